The Morgan fingerprint density at radius 2 is 1.36 bits per heavy atom. The highest BCUT2D eigenvalue weighted by Gasteiger charge is 2.30. The number of aryl methyl sites for hydroxylation is 1. The summed E-state index contributed by atoms with van der Waals surface area (Å²) in [4.78, 5) is 0. The second kappa shape index (κ2) is 8.33. The van der Waals surface area contributed by atoms with Crippen LogP contribution in [0.3, 0.4) is 0 Å². The molecule has 3 aromatic carbocycles. The van der Waals surface area contributed by atoms with Crippen LogP contribution in [-0.2, 0) is 6.18 Å². The van der Waals surface area contributed by atoms with E-state index in [0.717, 1.165) is 28.8 Å². The summed E-state index contributed by atoms with van der Waals surface area (Å²) in [6.45, 7) is 1.96. The normalized spacial score (nSPS) is 13.3. The van der Waals surface area contributed by atoms with Crippen LogP contribution in [0.15, 0.2) is 78.9 Å². The van der Waals surface area contributed by atoms with E-state index in [1.54, 1.807) is 0 Å². The third-order valence-corrected chi connectivity index (χ3v) is 4.48. The lowest BCUT2D eigenvalue weighted by Gasteiger charge is -2.20. The van der Waals surface area contributed by atoms with Gasteiger partial charge >= 0.3 is 6.18 Å². The molecule has 1 N–H and O–H groups in total. The third kappa shape index (κ3) is 4.82. The number of aliphatic hydroxyl groups excluding tert-OH is 1. The van der Waals surface area contributed by atoms with E-state index in [-0.39, 0.29) is 0 Å². The molecule has 0 aliphatic rings. The van der Waals surface area contributed by atoms with Crippen molar-refractivity contribution in [3.63, 3.8) is 0 Å². The number of rotatable bonds is 3. The minimum atomic E-state index is -4.41. The van der Waals surface area contributed by atoms with E-state index in [0.29, 0.717) is 5.56 Å². The first-order valence-electron chi connectivity index (χ1n) is 8.83. The molecule has 1 nitrogen and oxygen atoms in total. The summed E-state index contributed by atoms with van der Waals surface area (Å²) in [7, 11) is 0. The number of halogens is 3. The molecule has 142 valence electrons. The highest BCUT2D eigenvalue weighted by molar-refractivity contribution is 5.41. The molecule has 0 saturated carbocycles. The molecule has 28 heavy (non-hydrogen) atoms. The van der Waals surface area contributed by atoms with Crippen molar-refractivity contribution in [3.8, 4) is 11.8 Å². The summed E-state index contributed by atoms with van der Waals surface area (Å²) in [6.07, 6.45) is -5.46. The van der Waals surface area contributed by atoms with E-state index in [1.807, 2.05) is 61.5 Å². The van der Waals surface area contributed by atoms with Crippen molar-refractivity contribution >= 4 is 0 Å². The molecule has 0 amide bonds. The second-order valence-corrected chi connectivity index (χ2v) is 6.59. The molecular formula is C24H19F3O. The highest BCUT2D eigenvalue weighted by atomic mass is 19.4. The Kier molecular flexibility index (Phi) is 5.87. The highest BCUT2D eigenvalue weighted by Crippen LogP contribution is 2.34. The zero-order valence-electron chi connectivity index (χ0n) is 15.2. The predicted molar refractivity (Wildman–Crippen MR) is 104 cm³/mol. The fourth-order valence-electron chi connectivity index (χ4n) is 2.86. The summed E-state index contributed by atoms with van der Waals surface area (Å²) in [5.74, 6) is 5.58. The lowest BCUT2D eigenvalue weighted by Crippen LogP contribution is -2.11. The minimum Gasteiger partial charge on any atom is -0.387 e. The van der Waals surface area contributed by atoms with E-state index in [4.69, 9.17) is 0 Å². The summed E-state index contributed by atoms with van der Waals surface area (Å²) >= 11 is 0. The van der Waals surface area contributed by atoms with Gasteiger partial charge in [0.25, 0.3) is 0 Å². The van der Waals surface area contributed by atoms with E-state index < -0.39 is 23.8 Å². The third-order valence-electron chi connectivity index (χ3n) is 4.48. The number of aliphatic hydroxyl groups is 1. The molecule has 0 spiro atoms. The summed E-state index contributed by atoms with van der Waals surface area (Å²) in [6, 6.07) is 21.5. The largest absolute Gasteiger partial charge is 0.416 e. The van der Waals surface area contributed by atoms with Crippen LogP contribution in [0.4, 0.5) is 13.2 Å². The van der Waals surface area contributed by atoms with Gasteiger partial charge in [0, 0.05) is 5.56 Å². The van der Waals surface area contributed by atoms with Crippen molar-refractivity contribution in [2.24, 2.45) is 0 Å². The maximum absolute atomic E-state index is 12.8. The molecule has 2 atom stereocenters. The van der Waals surface area contributed by atoms with Crippen molar-refractivity contribution in [1.29, 1.82) is 0 Å². The summed E-state index contributed by atoms with van der Waals surface area (Å²) in [5, 5.41) is 10.9. The summed E-state index contributed by atoms with van der Waals surface area (Å²) < 4.78 is 38.4. The topological polar surface area (TPSA) is 20.2 Å². The molecule has 0 radical (unpaired) electrons. The standard InChI is InChI=1S/C24H19F3O/c1-17-7-10-19(11-8-17)22(16-9-18-5-3-2-4-6-18)23(28)20-12-14-21(15-13-20)24(25,26)27/h2-8,10-15,22-23,28H,1H3/t22?,23-/m1/s1. The van der Waals surface area contributed by atoms with Gasteiger partial charge in [-0.3, -0.25) is 0 Å². The Bertz CT molecular complexity index is 963. The van der Waals surface area contributed by atoms with Crippen LogP contribution in [0, 0.1) is 18.8 Å². The van der Waals surface area contributed by atoms with Crippen molar-refractivity contribution in [2.75, 3.05) is 0 Å². The maximum atomic E-state index is 12.8. The van der Waals surface area contributed by atoms with Gasteiger partial charge in [-0.2, -0.15) is 13.2 Å². The molecule has 0 bridgehead atoms. The average Bonchev–Trinajstić information content (AvgIpc) is 2.69. The van der Waals surface area contributed by atoms with Crippen molar-refractivity contribution < 1.29 is 18.3 Å². The molecule has 3 aromatic rings. The first-order chi connectivity index (χ1) is 13.3. The molecule has 0 saturated heterocycles. The van der Waals surface area contributed by atoms with Gasteiger partial charge in [0.05, 0.1) is 17.6 Å². The quantitative estimate of drug-likeness (QED) is 0.563. The van der Waals surface area contributed by atoms with Gasteiger partial charge in [-0.25, -0.2) is 0 Å². The SMILES string of the molecule is Cc1ccc(C(C#Cc2ccccc2)[C@H](O)c2ccc(C(F)(F)F)cc2)cc1. The fourth-order valence-corrected chi connectivity index (χ4v) is 2.86. The van der Waals surface area contributed by atoms with Gasteiger partial charge in [-0.1, -0.05) is 72.0 Å². The molecule has 4 heteroatoms. The van der Waals surface area contributed by atoms with Crippen LogP contribution >= 0.6 is 0 Å². The van der Waals surface area contributed by atoms with E-state index in [2.05, 4.69) is 11.8 Å². The molecular weight excluding hydrogens is 361 g/mol. The predicted octanol–water partition coefficient (Wildman–Crippen LogP) is 5.88. The first-order valence-corrected chi connectivity index (χ1v) is 8.83. The maximum Gasteiger partial charge on any atom is 0.416 e. The van der Waals surface area contributed by atoms with Crippen LogP contribution < -0.4 is 0 Å². The molecule has 0 aliphatic heterocycles. The molecule has 0 heterocycles. The molecule has 0 aromatic heterocycles. The van der Waals surface area contributed by atoms with E-state index in [9.17, 15) is 18.3 Å². The van der Waals surface area contributed by atoms with E-state index in [1.165, 1.54) is 12.1 Å². The first kappa shape index (κ1) is 19.7. The summed E-state index contributed by atoms with van der Waals surface area (Å²) in [5.41, 5.74) is 2.33. The zero-order chi connectivity index (χ0) is 20.1. The monoisotopic (exact) mass is 380 g/mol. The number of hydrogen-bond donors (Lipinski definition) is 1. The molecule has 3 rings (SSSR count). The number of benzene rings is 3. The lowest BCUT2D eigenvalue weighted by atomic mass is 9.88. The Hall–Kier alpha value is -3.03. The average molecular weight is 380 g/mol. The zero-order valence-corrected chi connectivity index (χ0v) is 15.2. The van der Waals surface area contributed by atoms with Crippen LogP contribution in [0.1, 0.15) is 39.8 Å². The van der Waals surface area contributed by atoms with Crippen molar-refractivity contribution in [1.82, 2.24) is 0 Å². The van der Waals surface area contributed by atoms with Crippen LogP contribution in [0.25, 0.3) is 0 Å². The molecule has 0 aliphatic carbocycles. The Morgan fingerprint density at radius 1 is 0.786 bits per heavy atom. The fraction of sp³-hybridized carbons (Fsp3) is 0.167. The van der Waals surface area contributed by atoms with Gasteiger partial charge < -0.3 is 5.11 Å². The van der Waals surface area contributed by atoms with Crippen LogP contribution in [0.2, 0.25) is 0 Å². The van der Waals surface area contributed by atoms with Gasteiger partial charge in [0.2, 0.25) is 0 Å². The van der Waals surface area contributed by atoms with Crippen molar-refractivity contribution in [2.45, 2.75) is 25.1 Å². The Balaban J connectivity index is 1.96. The van der Waals surface area contributed by atoms with Crippen LogP contribution in [0.5, 0.6) is 0 Å². The van der Waals surface area contributed by atoms with Gasteiger partial charge in [-0.15, -0.1) is 0 Å². The molecule has 1 unspecified atom stereocenters. The second-order valence-electron chi connectivity index (χ2n) is 6.59. The van der Waals surface area contributed by atoms with Gasteiger partial charge in [0.1, 0.15) is 0 Å². The Labute approximate surface area is 162 Å². The number of hydrogen-bond acceptors (Lipinski definition) is 1. The minimum absolute atomic E-state index is 0.390. The molecule has 0 fully saturated rings. The van der Waals surface area contributed by atoms with Crippen LogP contribution in [-0.4, -0.2) is 5.11 Å². The van der Waals surface area contributed by atoms with Gasteiger partial charge in [-0.05, 0) is 42.3 Å². The van der Waals surface area contributed by atoms with E-state index >= 15 is 0 Å². The smallest absolute Gasteiger partial charge is 0.387 e. The number of alkyl halides is 3. The lowest BCUT2D eigenvalue weighted by molar-refractivity contribution is -0.137. The Morgan fingerprint density at radius 3 is 1.93 bits per heavy atom. The van der Waals surface area contributed by atoms with Crippen molar-refractivity contribution in [3.05, 3.63) is 107 Å². The van der Waals surface area contributed by atoms with Gasteiger partial charge in [0.15, 0.2) is 0 Å².